The Hall–Kier alpha value is -1.27. The van der Waals surface area contributed by atoms with Crippen molar-refractivity contribution in [3.63, 3.8) is 0 Å². The van der Waals surface area contributed by atoms with E-state index in [4.69, 9.17) is 0 Å². The van der Waals surface area contributed by atoms with Crippen molar-refractivity contribution in [1.82, 2.24) is 4.90 Å². The summed E-state index contributed by atoms with van der Waals surface area (Å²) < 4.78 is 0. The molecule has 5 nitrogen and oxygen atoms in total. The Morgan fingerprint density at radius 3 is 3.00 bits per heavy atom. The number of anilines is 1. The number of rotatable bonds is 5. The van der Waals surface area contributed by atoms with Crippen molar-refractivity contribution in [2.75, 3.05) is 30.7 Å². The molecule has 1 aliphatic heterocycles. The van der Waals surface area contributed by atoms with Crippen LogP contribution in [0.3, 0.4) is 0 Å². The van der Waals surface area contributed by atoms with Crippen LogP contribution >= 0.6 is 11.8 Å². The molecule has 0 saturated carbocycles. The van der Waals surface area contributed by atoms with Crippen LogP contribution in [-0.2, 0) is 6.54 Å². The van der Waals surface area contributed by atoms with E-state index in [-0.39, 0.29) is 10.6 Å². The van der Waals surface area contributed by atoms with Gasteiger partial charge in [-0.25, -0.2) is 0 Å². The Morgan fingerprint density at radius 1 is 1.55 bits per heavy atom. The highest BCUT2D eigenvalue weighted by Gasteiger charge is 2.21. The van der Waals surface area contributed by atoms with E-state index >= 15 is 0 Å². The fraction of sp³-hybridized carbons (Fsp3) is 0.571. The average Bonchev–Trinajstić information content (AvgIpc) is 2.40. The van der Waals surface area contributed by atoms with E-state index in [0.29, 0.717) is 17.5 Å². The first-order valence-electron chi connectivity index (χ1n) is 6.96. The molecule has 0 amide bonds. The summed E-state index contributed by atoms with van der Waals surface area (Å²) in [7, 11) is 0. The molecule has 0 radical (unpaired) electrons. The third-order valence-electron chi connectivity index (χ3n) is 3.40. The molecule has 1 fully saturated rings. The lowest BCUT2D eigenvalue weighted by Crippen LogP contribution is -2.36. The maximum atomic E-state index is 11.1. The zero-order valence-electron chi connectivity index (χ0n) is 12.0. The molecule has 0 aromatic heterocycles. The van der Waals surface area contributed by atoms with E-state index in [2.05, 4.69) is 17.1 Å². The van der Waals surface area contributed by atoms with Crippen molar-refractivity contribution in [2.24, 2.45) is 0 Å². The smallest absolute Gasteiger partial charge is 0.292 e. The van der Waals surface area contributed by atoms with E-state index < -0.39 is 0 Å². The summed E-state index contributed by atoms with van der Waals surface area (Å²) in [6.45, 7) is 7.73. The summed E-state index contributed by atoms with van der Waals surface area (Å²) in [4.78, 5) is 13.2. The lowest BCUT2D eigenvalue weighted by Gasteiger charge is -2.31. The number of para-hydroxylation sites is 1. The van der Waals surface area contributed by atoms with E-state index in [1.54, 1.807) is 12.1 Å². The van der Waals surface area contributed by atoms with Gasteiger partial charge in [-0.1, -0.05) is 19.1 Å². The number of nitrogens with one attached hydrogen (secondary N) is 1. The molecule has 1 heterocycles. The summed E-state index contributed by atoms with van der Waals surface area (Å²) in [6, 6.07) is 5.32. The van der Waals surface area contributed by atoms with Gasteiger partial charge in [0.05, 0.1) is 4.92 Å². The standard InChI is InChI=1S/C14H21N3O2S/c1-3-15-14-12(5-4-6-13(14)17(18)19)10-16-7-8-20-11(2)9-16/h4-6,11,15H,3,7-10H2,1-2H3. The zero-order chi connectivity index (χ0) is 14.5. The van der Waals surface area contributed by atoms with Crippen molar-refractivity contribution >= 4 is 23.1 Å². The molecule has 110 valence electrons. The fourth-order valence-electron chi connectivity index (χ4n) is 2.53. The molecular formula is C14H21N3O2S. The van der Waals surface area contributed by atoms with Crippen LogP contribution in [-0.4, -0.2) is 40.5 Å². The number of nitrogens with zero attached hydrogens (tertiary/aromatic N) is 2. The highest BCUT2D eigenvalue weighted by atomic mass is 32.2. The van der Waals surface area contributed by atoms with Gasteiger partial charge >= 0.3 is 0 Å². The molecule has 1 aromatic carbocycles. The van der Waals surface area contributed by atoms with E-state index in [9.17, 15) is 10.1 Å². The number of nitro benzene ring substituents is 1. The molecule has 1 N–H and O–H groups in total. The molecule has 1 saturated heterocycles. The largest absolute Gasteiger partial charge is 0.380 e. The Balaban J connectivity index is 2.21. The molecule has 1 aliphatic rings. The Labute approximate surface area is 123 Å². The minimum Gasteiger partial charge on any atom is -0.380 e. The topological polar surface area (TPSA) is 58.4 Å². The molecule has 0 spiro atoms. The second-order valence-corrected chi connectivity index (χ2v) is 6.56. The number of nitro groups is 1. The Kier molecular flexibility index (Phi) is 5.25. The predicted molar refractivity (Wildman–Crippen MR) is 84.5 cm³/mol. The molecular weight excluding hydrogens is 274 g/mol. The highest BCUT2D eigenvalue weighted by molar-refractivity contribution is 7.99. The SMILES string of the molecule is CCNc1c(CN2CCSC(C)C2)cccc1[N+](=O)[O-]. The number of thioether (sulfide) groups is 1. The van der Waals surface area contributed by atoms with Crippen molar-refractivity contribution in [2.45, 2.75) is 25.6 Å². The normalized spacial score (nSPS) is 19.8. The number of hydrogen-bond donors (Lipinski definition) is 1. The van der Waals surface area contributed by atoms with Crippen molar-refractivity contribution in [1.29, 1.82) is 0 Å². The average molecular weight is 295 g/mol. The molecule has 1 unspecified atom stereocenters. The van der Waals surface area contributed by atoms with Crippen molar-refractivity contribution in [3.8, 4) is 0 Å². The predicted octanol–water partition coefficient (Wildman–Crippen LogP) is 2.96. The number of benzene rings is 1. The minimum absolute atomic E-state index is 0.170. The molecule has 6 heteroatoms. The van der Waals surface area contributed by atoms with Crippen LogP contribution in [0.25, 0.3) is 0 Å². The Bertz CT molecular complexity index is 481. The first kappa shape index (κ1) is 15.1. The van der Waals surface area contributed by atoms with Crippen LogP contribution < -0.4 is 5.32 Å². The van der Waals surface area contributed by atoms with Crippen LogP contribution in [0, 0.1) is 10.1 Å². The molecule has 1 aromatic rings. The van der Waals surface area contributed by atoms with E-state index in [0.717, 1.165) is 31.0 Å². The van der Waals surface area contributed by atoms with Gasteiger partial charge in [0.1, 0.15) is 5.69 Å². The third-order valence-corrected chi connectivity index (χ3v) is 4.53. The zero-order valence-corrected chi connectivity index (χ0v) is 12.8. The minimum atomic E-state index is -0.309. The highest BCUT2D eigenvalue weighted by Crippen LogP contribution is 2.30. The van der Waals surface area contributed by atoms with Crippen molar-refractivity contribution < 1.29 is 4.92 Å². The maximum absolute atomic E-state index is 11.1. The summed E-state index contributed by atoms with van der Waals surface area (Å²) in [5, 5.41) is 14.9. The van der Waals surface area contributed by atoms with Crippen LogP contribution in [0.1, 0.15) is 19.4 Å². The summed E-state index contributed by atoms with van der Waals surface area (Å²) in [5.41, 5.74) is 1.86. The molecule has 0 bridgehead atoms. The third kappa shape index (κ3) is 3.64. The lowest BCUT2D eigenvalue weighted by molar-refractivity contribution is -0.384. The van der Waals surface area contributed by atoms with Crippen LogP contribution in [0.5, 0.6) is 0 Å². The van der Waals surface area contributed by atoms with Crippen LogP contribution in [0.2, 0.25) is 0 Å². The van der Waals surface area contributed by atoms with Gasteiger partial charge < -0.3 is 5.32 Å². The van der Waals surface area contributed by atoms with Gasteiger partial charge in [0, 0.05) is 43.2 Å². The maximum Gasteiger partial charge on any atom is 0.292 e. The van der Waals surface area contributed by atoms with Gasteiger partial charge in [-0.2, -0.15) is 11.8 Å². The van der Waals surface area contributed by atoms with Gasteiger partial charge in [0.25, 0.3) is 5.69 Å². The second kappa shape index (κ2) is 6.95. The van der Waals surface area contributed by atoms with Gasteiger partial charge in [0.2, 0.25) is 0 Å². The van der Waals surface area contributed by atoms with Crippen LogP contribution in [0.4, 0.5) is 11.4 Å². The molecule has 0 aliphatic carbocycles. The van der Waals surface area contributed by atoms with Gasteiger partial charge in [-0.3, -0.25) is 15.0 Å². The van der Waals surface area contributed by atoms with E-state index in [1.165, 1.54) is 0 Å². The quantitative estimate of drug-likeness (QED) is 0.668. The first-order valence-corrected chi connectivity index (χ1v) is 8.00. The second-order valence-electron chi connectivity index (χ2n) is 5.02. The first-order chi connectivity index (χ1) is 9.61. The Morgan fingerprint density at radius 2 is 2.35 bits per heavy atom. The van der Waals surface area contributed by atoms with Gasteiger partial charge in [0.15, 0.2) is 0 Å². The lowest BCUT2D eigenvalue weighted by atomic mass is 10.1. The summed E-state index contributed by atoms with van der Waals surface area (Å²) >= 11 is 1.99. The molecule has 2 rings (SSSR count). The van der Waals surface area contributed by atoms with Crippen molar-refractivity contribution in [3.05, 3.63) is 33.9 Å². The van der Waals surface area contributed by atoms with E-state index in [1.807, 2.05) is 24.8 Å². The fourth-order valence-corrected chi connectivity index (χ4v) is 3.61. The summed E-state index contributed by atoms with van der Waals surface area (Å²) in [5.74, 6) is 1.13. The molecule has 1 atom stereocenters. The monoisotopic (exact) mass is 295 g/mol. The summed E-state index contributed by atoms with van der Waals surface area (Å²) in [6.07, 6.45) is 0. The number of hydrogen-bond acceptors (Lipinski definition) is 5. The van der Waals surface area contributed by atoms with Gasteiger partial charge in [-0.05, 0) is 12.5 Å². The van der Waals surface area contributed by atoms with Crippen LogP contribution in [0.15, 0.2) is 18.2 Å². The molecule has 20 heavy (non-hydrogen) atoms. The van der Waals surface area contributed by atoms with Gasteiger partial charge in [-0.15, -0.1) is 0 Å².